The number of nitrogens with one attached hydrogen (secondary N) is 1. The zero-order valence-electron chi connectivity index (χ0n) is 21.1. The predicted octanol–water partition coefficient (Wildman–Crippen LogP) is 3.06. The third-order valence-corrected chi connectivity index (χ3v) is 7.85. The summed E-state index contributed by atoms with van der Waals surface area (Å²) in [5.41, 5.74) is 2.06. The lowest BCUT2D eigenvalue weighted by atomic mass is 9.82. The lowest BCUT2D eigenvalue weighted by molar-refractivity contribution is -0.137. The van der Waals surface area contributed by atoms with Crippen molar-refractivity contribution in [2.24, 2.45) is 5.92 Å². The fourth-order valence-electron chi connectivity index (χ4n) is 5.79. The Hall–Kier alpha value is -2.62. The number of amides is 1. The molecule has 3 aliphatic heterocycles. The van der Waals surface area contributed by atoms with E-state index in [0.717, 1.165) is 51.4 Å². The second-order valence-electron chi connectivity index (χ2n) is 10.2. The highest BCUT2D eigenvalue weighted by Crippen LogP contribution is 2.39. The highest BCUT2D eigenvalue weighted by atomic mass is 19.4. The van der Waals surface area contributed by atoms with Crippen LogP contribution in [0.4, 0.5) is 18.9 Å². The van der Waals surface area contributed by atoms with Gasteiger partial charge in [-0.05, 0) is 42.2 Å². The molecule has 2 aromatic rings. The van der Waals surface area contributed by atoms with Gasteiger partial charge < -0.3 is 15.0 Å². The summed E-state index contributed by atoms with van der Waals surface area (Å²) < 4.78 is 45.7. The molecule has 37 heavy (non-hydrogen) atoms. The minimum Gasteiger partial charge on any atom is -0.379 e. The molecule has 2 saturated heterocycles. The van der Waals surface area contributed by atoms with Crippen LogP contribution in [0.1, 0.15) is 16.7 Å². The standard InChI is InChI=1S/C28H35F3N4O2/c29-28(30,31)23-6-7-25-22(18-23)19-24(27(36)32-9-11-33-14-16-37-17-15-33)26-20-34(12-13-35(25)26)10-8-21-4-2-1-3-5-21/h1-7,18,24,26H,8-17,19-20H2,(H,32,36). The van der Waals surface area contributed by atoms with E-state index in [4.69, 9.17) is 4.74 Å². The maximum absolute atomic E-state index is 13.5. The van der Waals surface area contributed by atoms with E-state index in [-0.39, 0.29) is 11.9 Å². The maximum Gasteiger partial charge on any atom is 0.416 e. The summed E-state index contributed by atoms with van der Waals surface area (Å²) in [7, 11) is 0. The molecule has 0 saturated carbocycles. The second-order valence-corrected chi connectivity index (χ2v) is 10.2. The zero-order chi connectivity index (χ0) is 25.8. The van der Waals surface area contributed by atoms with Crippen molar-refractivity contribution in [1.29, 1.82) is 0 Å². The van der Waals surface area contributed by atoms with E-state index >= 15 is 0 Å². The van der Waals surface area contributed by atoms with Crippen molar-refractivity contribution in [2.75, 3.05) is 70.5 Å². The normalized spacial score (nSPS) is 22.8. The van der Waals surface area contributed by atoms with E-state index < -0.39 is 17.7 Å². The Kier molecular flexibility index (Phi) is 8.02. The molecule has 2 unspecified atom stereocenters. The van der Waals surface area contributed by atoms with Crippen molar-refractivity contribution < 1.29 is 22.7 Å². The molecule has 1 N–H and O–H groups in total. The van der Waals surface area contributed by atoms with Gasteiger partial charge >= 0.3 is 6.18 Å². The molecule has 0 spiro atoms. The minimum atomic E-state index is -4.40. The number of ether oxygens (including phenoxy) is 1. The van der Waals surface area contributed by atoms with E-state index in [9.17, 15) is 18.0 Å². The van der Waals surface area contributed by atoms with Crippen LogP contribution in [0.3, 0.4) is 0 Å². The van der Waals surface area contributed by atoms with Gasteiger partial charge in [0.05, 0.1) is 30.7 Å². The highest BCUT2D eigenvalue weighted by molar-refractivity contribution is 5.82. The lowest BCUT2D eigenvalue weighted by Gasteiger charge is -2.49. The first-order chi connectivity index (χ1) is 17.9. The Morgan fingerprint density at radius 2 is 1.76 bits per heavy atom. The molecule has 2 fully saturated rings. The Bertz CT molecular complexity index is 1060. The smallest absolute Gasteiger partial charge is 0.379 e. The largest absolute Gasteiger partial charge is 0.416 e. The minimum absolute atomic E-state index is 0.0721. The molecule has 0 radical (unpaired) electrons. The third-order valence-electron chi connectivity index (χ3n) is 7.85. The molecule has 1 amide bonds. The van der Waals surface area contributed by atoms with Gasteiger partial charge in [0.1, 0.15) is 0 Å². The van der Waals surface area contributed by atoms with Crippen LogP contribution in [0.2, 0.25) is 0 Å². The summed E-state index contributed by atoms with van der Waals surface area (Å²) in [6.45, 7) is 7.47. The molecule has 6 nitrogen and oxygen atoms in total. The van der Waals surface area contributed by atoms with Crippen LogP contribution < -0.4 is 10.2 Å². The van der Waals surface area contributed by atoms with Gasteiger partial charge in [-0.25, -0.2) is 0 Å². The molecule has 0 bridgehead atoms. The number of alkyl halides is 3. The number of halogens is 3. The van der Waals surface area contributed by atoms with E-state index in [1.165, 1.54) is 17.7 Å². The fraction of sp³-hybridized carbons (Fsp3) is 0.536. The van der Waals surface area contributed by atoms with E-state index in [0.29, 0.717) is 38.3 Å². The number of piperazine rings is 1. The second kappa shape index (κ2) is 11.4. The SMILES string of the molecule is O=C(NCCN1CCOCC1)C1Cc2cc(C(F)(F)F)ccc2N2CCN(CCc3ccccc3)CC12. The van der Waals surface area contributed by atoms with Crippen molar-refractivity contribution in [1.82, 2.24) is 15.1 Å². The first kappa shape index (κ1) is 26.0. The number of nitrogens with zero attached hydrogens (tertiary/aromatic N) is 3. The Morgan fingerprint density at radius 1 is 0.973 bits per heavy atom. The molecule has 2 atom stereocenters. The topological polar surface area (TPSA) is 48.1 Å². The van der Waals surface area contributed by atoms with Crippen LogP contribution in [-0.4, -0.2) is 87.3 Å². The molecule has 9 heteroatoms. The number of fused-ring (bicyclic) bond motifs is 3. The molecule has 200 valence electrons. The fourth-order valence-corrected chi connectivity index (χ4v) is 5.79. The number of hydrogen-bond acceptors (Lipinski definition) is 5. The number of anilines is 1. The third kappa shape index (κ3) is 6.27. The molecular formula is C28H35F3N4O2. The molecule has 0 aromatic heterocycles. The first-order valence-corrected chi connectivity index (χ1v) is 13.2. The van der Waals surface area contributed by atoms with Gasteiger partial charge in [-0.2, -0.15) is 13.2 Å². The Morgan fingerprint density at radius 3 is 2.51 bits per heavy atom. The van der Waals surface area contributed by atoms with Crippen LogP contribution in [-0.2, 0) is 28.5 Å². The van der Waals surface area contributed by atoms with Gasteiger partial charge in [0.15, 0.2) is 0 Å². The van der Waals surface area contributed by atoms with Crippen LogP contribution in [0, 0.1) is 5.92 Å². The number of carbonyl (C=O) groups is 1. The predicted molar refractivity (Wildman–Crippen MR) is 137 cm³/mol. The van der Waals surface area contributed by atoms with Crippen LogP contribution in [0.5, 0.6) is 0 Å². The van der Waals surface area contributed by atoms with Crippen molar-refractivity contribution in [3.05, 3.63) is 65.2 Å². The number of hydrogen-bond donors (Lipinski definition) is 1. The first-order valence-electron chi connectivity index (χ1n) is 13.2. The Balaban J connectivity index is 1.30. The van der Waals surface area contributed by atoms with Gasteiger partial charge in [0.2, 0.25) is 5.91 Å². The molecule has 3 heterocycles. The summed E-state index contributed by atoms with van der Waals surface area (Å²) in [6, 6.07) is 14.3. The van der Waals surface area contributed by atoms with Crippen LogP contribution in [0.15, 0.2) is 48.5 Å². The van der Waals surface area contributed by atoms with Gasteiger partial charge in [-0.1, -0.05) is 30.3 Å². The highest BCUT2D eigenvalue weighted by Gasteiger charge is 2.42. The van der Waals surface area contributed by atoms with Crippen molar-refractivity contribution in [3.8, 4) is 0 Å². The van der Waals surface area contributed by atoms with Gasteiger partial charge in [0.25, 0.3) is 0 Å². The lowest BCUT2D eigenvalue weighted by Crippen LogP contribution is -2.61. The van der Waals surface area contributed by atoms with Crippen molar-refractivity contribution in [3.63, 3.8) is 0 Å². The van der Waals surface area contributed by atoms with Gasteiger partial charge in [-0.3, -0.25) is 14.6 Å². The van der Waals surface area contributed by atoms with E-state index in [1.807, 2.05) is 18.2 Å². The molecule has 5 rings (SSSR count). The van der Waals surface area contributed by atoms with Crippen LogP contribution in [0.25, 0.3) is 0 Å². The molecule has 2 aromatic carbocycles. The van der Waals surface area contributed by atoms with Crippen molar-refractivity contribution >= 4 is 11.6 Å². The molecular weight excluding hydrogens is 481 g/mol. The maximum atomic E-state index is 13.5. The zero-order valence-corrected chi connectivity index (χ0v) is 21.1. The number of morpholine rings is 1. The summed E-state index contributed by atoms with van der Waals surface area (Å²) >= 11 is 0. The monoisotopic (exact) mass is 516 g/mol. The van der Waals surface area contributed by atoms with Gasteiger partial charge in [-0.15, -0.1) is 0 Å². The average Bonchev–Trinajstić information content (AvgIpc) is 2.91. The summed E-state index contributed by atoms with van der Waals surface area (Å²) in [5, 5.41) is 3.09. The number of benzene rings is 2. The summed E-state index contributed by atoms with van der Waals surface area (Å²) in [4.78, 5) is 20.3. The quantitative estimate of drug-likeness (QED) is 0.613. The number of carbonyl (C=O) groups excluding carboxylic acids is 1. The molecule has 3 aliphatic rings. The van der Waals surface area contributed by atoms with Gasteiger partial charge in [0, 0.05) is 58.0 Å². The Labute approximate surface area is 216 Å². The van der Waals surface area contributed by atoms with Crippen LogP contribution >= 0.6 is 0 Å². The number of rotatable bonds is 7. The molecule has 0 aliphatic carbocycles. The van der Waals surface area contributed by atoms with Crippen molar-refractivity contribution in [2.45, 2.75) is 25.1 Å². The summed E-state index contributed by atoms with van der Waals surface area (Å²) in [5.74, 6) is -0.476. The summed E-state index contributed by atoms with van der Waals surface area (Å²) in [6.07, 6.45) is -3.16. The average molecular weight is 517 g/mol. The van der Waals surface area contributed by atoms with E-state index in [2.05, 4.69) is 32.1 Å². The van der Waals surface area contributed by atoms with E-state index in [1.54, 1.807) is 6.07 Å².